The summed E-state index contributed by atoms with van der Waals surface area (Å²) >= 11 is 5.90. The highest BCUT2D eigenvalue weighted by Gasteiger charge is 2.46. The summed E-state index contributed by atoms with van der Waals surface area (Å²) < 4.78 is 10.6. The highest BCUT2D eigenvalue weighted by atomic mass is 35.5. The van der Waals surface area contributed by atoms with E-state index in [1.165, 1.54) is 19.1 Å². The number of Topliss-reactive ketones (excluding diaryl/α,β-unsaturated/α-hetero) is 1. The van der Waals surface area contributed by atoms with Crippen molar-refractivity contribution in [1.82, 2.24) is 4.90 Å². The Morgan fingerprint density at radius 1 is 1.07 bits per heavy atom. The number of hydrogen-bond donors (Lipinski definition) is 2. The number of aliphatic hydroxyl groups is 2. The van der Waals surface area contributed by atoms with E-state index in [1.807, 2.05) is 0 Å². The van der Waals surface area contributed by atoms with Gasteiger partial charge in [-0.2, -0.15) is 0 Å². The van der Waals surface area contributed by atoms with Gasteiger partial charge in [-0.25, -0.2) is 0 Å². The van der Waals surface area contributed by atoms with Crippen molar-refractivity contribution in [3.63, 3.8) is 0 Å². The number of aliphatic hydroxyl groups excluding tert-OH is 2. The van der Waals surface area contributed by atoms with Crippen molar-refractivity contribution in [3.8, 4) is 11.5 Å². The maximum absolute atomic E-state index is 12.8. The molecule has 2 aromatic rings. The smallest absolute Gasteiger partial charge is 0.295 e. The van der Waals surface area contributed by atoms with Crippen LogP contribution in [0.2, 0.25) is 5.02 Å². The highest BCUT2D eigenvalue weighted by Crippen LogP contribution is 2.41. The Morgan fingerprint density at radius 2 is 1.72 bits per heavy atom. The number of benzene rings is 2. The second-order valence-corrected chi connectivity index (χ2v) is 6.77. The quantitative estimate of drug-likeness (QED) is 0.426. The van der Waals surface area contributed by atoms with Gasteiger partial charge in [0, 0.05) is 17.1 Å². The van der Waals surface area contributed by atoms with Gasteiger partial charge in [0.2, 0.25) is 0 Å². The second-order valence-electron chi connectivity index (χ2n) is 6.34. The summed E-state index contributed by atoms with van der Waals surface area (Å²) in [6, 6.07) is 10.3. The molecule has 2 N–H and O–H groups in total. The number of carbonyl (C=O) groups is 2. The van der Waals surface area contributed by atoms with E-state index in [2.05, 4.69) is 0 Å². The van der Waals surface area contributed by atoms with Crippen LogP contribution < -0.4 is 9.47 Å². The van der Waals surface area contributed by atoms with Gasteiger partial charge in [0.05, 0.1) is 32.4 Å². The van der Waals surface area contributed by atoms with E-state index in [-0.39, 0.29) is 24.5 Å². The molecule has 1 aliphatic rings. The van der Waals surface area contributed by atoms with Crippen molar-refractivity contribution < 1.29 is 29.3 Å². The van der Waals surface area contributed by atoms with Crippen LogP contribution in [0.3, 0.4) is 0 Å². The zero-order valence-corrected chi connectivity index (χ0v) is 16.6. The molecular formula is C21H20ClNO6. The summed E-state index contributed by atoms with van der Waals surface area (Å²) in [7, 11) is 2.97. The van der Waals surface area contributed by atoms with Crippen LogP contribution in [0.15, 0.2) is 48.0 Å². The molecule has 1 heterocycles. The Balaban J connectivity index is 2.20. The number of rotatable bonds is 6. The Bertz CT molecular complexity index is 970. The molecular weight excluding hydrogens is 398 g/mol. The molecule has 152 valence electrons. The zero-order chi connectivity index (χ0) is 21.1. The van der Waals surface area contributed by atoms with E-state index in [0.717, 1.165) is 0 Å². The fraction of sp³-hybridized carbons (Fsp3) is 0.238. The molecule has 0 bridgehead atoms. The molecule has 0 aromatic heterocycles. The minimum absolute atomic E-state index is 0.0685. The third kappa shape index (κ3) is 3.79. The van der Waals surface area contributed by atoms with Gasteiger partial charge in [-0.1, -0.05) is 17.7 Å². The summed E-state index contributed by atoms with van der Waals surface area (Å²) in [6.45, 7) is -0.404. The summed E-state index contributed by atoms with van der Waals surface area (Å²) in [5.74, 6) is -1.06. The van der Waals surface area contributed by atoms with Gasteiger partial charge in [-0.3, -0.25) is 9.59 Å². The molecule has 7 nitrogen and oxygen atoms in total. The molecule has 1 atom stereocenters. The third-order valence-corrected chi connectivity index (χ3v) is 4.97. The van der Waals surface area contributed by atoms with Crippen LogP contribution in [-0.4, -0.2) is 54.2 Å². The highest BCUT2D eigenvalue weighted by molar-refractivity contribution is 6.46. The maximum atomic E-state index is 12.8. The molecule has 0 radical (unpaired) electrons. The molecule has 1 fully saturated rings. The number of β-amino-alcohol motifs (C(OH)–C–C–N with tert-alkyl or cyclic N) is 1. The second kappa shape index (κ2) is 8.55. The van der Waals surface area contributed by atoms with Crippen molar-refractivity contribution >= 4 is 29.1 Å². The molecule has 8 heteroatoms. The number of amides is 1. The lowest BCUT2D eigenvalue weighted by Crippen LogP contribution is -2.32. The molecule has 0 unspecified atom stereocenters. The number of nitrogens with zero attached hydrogens (tertiary/aromatic N) is 1. The van der Waals surface area contributed by atoms with E-state index in [0.29, 0.717) is 27.6 Å². The summed E-state index contributed by atoms with van der Waals surface area (Å²) in [5.41, 5.74) is 0.811. The lowest BCUT2D eigenvalue weighted by atomic mass is 9.95. The average molecular weight is 418 g/mol. The van der Waals surface area contributed by atoms with Crippen LogP contribution in [0.1, 0.15) is 17.2 Å². The number of ketones is 1. The third-order valence-electron chi connectivity index (χ3n) is 4.72. The van der Waals surface area contributed by atoms with Crippen molar-refractivity contribution in [1.29, 1.82) is 0 Å². The molecule has 0 aliphatic carbocycles. The Hall–Kier alpha value is -3.03. The SMILES string of the molecule is COc1ccc([C@H]2C(=C(O)c3ccc(Cl)cc3)C(=O)C(=O)N2CCO)cc1OC. The summed E-state index contributed by atoms with van der Waals surface area (Å²) in [4.78, 5) is 26.6. The standard InChI is InChI=1S/C21H20ClNO6/c1-28-15-8-5-13(11-16(15)29-2)18-17(20(26)21(27)23(18)9-10-24)19(25)12-3-6-14(22)7-4-12/h3-8,11,18,24-25H,9-10H2,1-2H3/t18-/m0/s1. The Labute approximate surface area is 172 Å². The first-order valence-corrected chi connectivity index (χ1v) is 9.17. The topological polar surface area (TPSA) is 96.3 Å². The molecule has 1 amide bonds. The number of hydrogen-bond acceptors (Lipinski definition) is 6. The van der Waals surface area contributed by atoms with Crippen molar-refractivity contribution in [2.45, 2.75) is 6.04 Å². The van der Waals surface area contributed by atoms with Crippen LogP contribution in [0.25, 0.3) is 5.76 Å². The average Bonchev–Trinajstić information content (AvgIpc) is 2.98. The number of likely N-dealkylation sites (tertiary alicyclic amines) is 1. The molecule has 2 aromatic carbocycles. The first kappa shape index (κ1) is 20.7. The first-order chi connectivity index (χ1) is 13.9. The van der Waals surface area contributed by atoms with Crippen LogP contribution in [0.4, 0.5) is 0 Å². The van der Waals surface area contributed by atoms with Gasteiger partial charge in [0.1, 0.15) is 5.76 Å². The predicted molar refractivity (Wildman–Crippen MR) is 107 cm³/mol. The molecule has 1 aliphatic heterocycles. The molecule has 0 spiro atoms. The van der Waals surface area contributed by atoms with E-state index < -0.39 is 17.7 Å². The lowest BCUT2D eigenvalue weighted by Gasteiger charge is -2.25. The normalized spacial score (nSPS) is 18.2. The van der Waals surface area contributed by atoms with Crippen LogP contribution in [0, 0.1) is 0 Å². The monoisotopic (exact) mass is 417 g/mol. The molecule has 29 heavy (non-hydrogen) atoms. The van der Waals surface area contributed by atoms with Crippen molar-refractivity contribution in [2.75, 3.05) is 27.4 Å². The fourth-order valence-corrected chi connectivity index (χ4v) is 3.48. The Morgan fingerprint density at radius 3 is 2.31 bits per heavy atom. The molecule has 1 saturated heterocycles. The molecule has 0 saturated carbocycles. The minimum atomic E-state index is -0.891. The van der Waals surface area contributed by atoms with Gasteiger partial charge in [-0.05, 0) is 42.0 Å². The van der Waals surface area contributed by atoms with Gasteiger partial charge < -0.3 is 24.6 Å². The number of carbonyl (C=O) groups excluding carboxylic acids is 2. The van der Waals surface area contributed by atoms with Gasteiger partial charge >= 0.3 is 0 Å². The fourth-order valence-electron chi connectivity index (χ4n) is 3.35. The first-order valence-electron chi connectivity index (χ1n) is 8.80. The van der Waals surface area contributed by atoms with Gasteiger partial charge in [0.25, 0.3) is 11.7 Å². The number of halogens is 1. The van der Waals surface area contributed by atoms with Crippen LogP contribution >= 0.6 is 11.6 Å². The summed E-state index contributed by atoms with van der Waals surface area (Å²) in [6.07, 6.45) is 0. The number of methoxy groups -OCH3 is 2. The van der Waals surface area contributed by atoms with Crippen molar-refractivity contribution in [3.05, 3.63) is 64.2 Å². The van der Waals surface area contributed by atoms with E-state index >= 15 is 0 Å². The van der Waals surface area contributed by atoms with Gasteiger partial charge in [-0.15, -0.1) is 0 Å². The zero-order valence-electron chi connectivity index (χ0n) is 15.9. The van der Waals surface area contributed by atoms with E-state index in [9.17, 15) is 19.8 Å². The lowest BCUT2D eigenvalue weighted by molar-refractivity contribution is -0.140. The largest absolute Gasteiger partial charge is 0.507 e. The minimum Gasteiger partial charge on any atom is -0.507 e. The summed E-state index contributed by atoms with van der Waals surface area (Å²) in [5, 5.41) is 20.7. The van der Waals surface area contributed by atoms with Crippen LogP contribution in [-0.2, 0) is 9.59 Å². The van der Waals surface area contributed by atoms with E-state index in [4.69, 9.17) is 21.1 Å². The molecule has 3 rings (SSSR count). The van der Waals surface area contributed by atoms with Crippen LogP contribution in [0.5, 0.6) is 11.5 Å². The maximum Gasteiger partial charge on any atom is 0.295 e. The van der Waals surface area contributed by atoms with Crippen molar-refractivity contribution in [2.24, 2.45) is 0 Å². The predicted octanol–water partition coefficient (Wildman–Crippen LogP) is 2.77. The number of ether oxygens (including phenoxy) is 2. The van der Waals surface area contributed by atoms with Gasteiger partial charge in [0.15, 0.2) is 11.5 Å². The Kier molecular flexibility index (Phi) is 6.10. The van der Waals surface area contributed by atoms with E-state index in [1.54, 1.807) is 42.5 Å².